The van der Waals surface area contributed by atoms with Gasteiger partial charge in [0.1, 0.15) is 11.8 Å². The van der Waals surface area contributed by atoms with Gasteiger partial charge in [-0.25, -0.2) is 4.79 Å². The number of amides is 1. The third kappa shape index (κ3) is 2.67. The van der Waals surface area contributed by atoms with E-state index in [0.29, 0.717) is 13.2 Å². The first-order valence-corrected chi connectivity index (χ1v) is 5.59. The lowest BCUT2D eigenvalue weighted by Gasteiger charge is -2.30. The van der Waals surface area contributed by atoms with E-state index in [0.717, 1.165) is 12.8 Å². The van der Waals surface area contributed by atoms with Crippen molar-refractivity contribution in [3.63, 3.8) is 0 Å². The average molecular weight is 225 g/mol. The average Bonchev–Trinajstić information content (AvgIpc) is 2.53. The molecule has 0 aromatic carbocycles. The van der Waals surface area contributed by atoms with Crippen LogP contribution in [0.2, 0.25) is 0 Å². The van der Waals surface area contributed by atoms with Gasteiger partial charge in [0.25, 0.3) is 0 Å². The van der Waals surface area contributed by atoms with Crippen LogP contribution in [0.15, 0.2) is 0 Å². The quantitative estimate of drug-likeness (QED) is 0.544. The summed E-state index contributed by atoms with van der Waals surface area (Å²) in [5, 5.41) is 0. The van der Waals surface area contributed by atoms with Crippen LogP contribution in [0.3, 0.4) is 0 Å². The van der Waals surface area contributed by atoms with Crippen molar-refractivity contribution in [2.75, 3.05) is 13.2 Å². The Morgan fingerprint density at radius 3 is 2.94 bits per heavy atom. The molecule has 1 atom stereocenters. The summed E-state index contributed by atoms with van der Waals surface area (Å²) in [5.41, 5.74) is -0.680. The molecule has 1 rings (SSSR count). The summed E-state index contributed by atoms with van der Waals surface area (Å²) < 4.78 is 10.6. The van der Waals surface area contributed by atoms with Crippen LogP contribution in [0, 0.1) is 12.3 Å². The molecule has 90 valence electrons. The fourth-order valence-corrected chi connectivity index (χ4v) is 1.65. The van der Waals surface area contributed by atoms with Crippen molar-refractivity contribution in [3.05, 3.63) is 0 Å². The molecule has 0 spiro atoms. The van der Waals surface area contributed by atoms with E-state index in [4.69, 9.17) is 15.9 Å². The summed E-state index contributed by atoms with van der Waals surface area (Å²) in [6.07, 6.45) is 6.82. The highest BCUT2D eigenvalue weighted by Crippen LogP contribution is 2.27. The van der Waals surface area contributed by atoms with E-state index >= 15 is 0 Å². The first-order chi connectivity index (χ1) is 7.53. The molecule has 1 amide bonds. The van der Waals surface area contributed by atoms with Gasteiger partial charge in [-0.15, -0.1) is 6.42 Å². The number of carbonyl (C=O) groups excluding carboxylic acids is 1. The van der Waals surface area contributed by atoms with Gasteiger partial charge in [-0.05, 0) is 20.3 Å². The number of carbonyl (C=O) groups is 1. The number of unbranched alkanes of at least 4 members (excludes halogenated alkanes) is 1. The molecular formula is C12H19NO3. The molecule has 4 nitrogen and oxygen atoms in total. The van der Waals surface area contributed by atoms with E-state index in [9.17, 15) is 4.79 Å². The molecule has 16 heavy (non-hydrogen) atoms. The summed E-state index contributed by atoms with van der Waals surface area (Å²) in [6, 6.07) is -0.330. The monoisotopic (exact) mass is 225 g/mol. The van der Waals surface area contributed by atoms with E-state index < -0.39 is 5.72 Å². The second-order valence-corrected chi connectivity index (χ2v) is 4.28. The van der Waals surface area contributed by atoms with Crippen LogP contribution in [-0.4, -0.2) is 36.0 Å². The van der Waals surface area contributed by atoms with Crippen LogP contribution in [0.25, 0.3) is 0 Å². The number of hydrogen-bond acceptors (Lipinski definition) is 3. The number of hydrogen-bond donors (Lipinski definition) is 0. The van der Waals surface area contributed by atoms with Crippen molar-refractivity contribution in [2.45, 2.75) is 45.4 Å². The molecule has 0 unspecified atom stereocenters. The number of terminal acetylenes is 1. The van der Waals surface area contributed by atoms with Gasteiger partial charge < -0.3 is 9.47 Å². The zero-order chi connectivity index (χ0) is 12.2. The molecule has 0 saturated carbocycles. The van der Waals surface area contributed by atoms with Gasteiger partial charge in [-0.3, -0.25) is 4.90 Å². The summed E-state index contributed by atoms with van der Waals surface area (Å²) in [6.45, 7) is 6.46. The van der Waals surface area contributed by atoms with E-state index in [1.807, 2.05) is 20.8 Å². The number of ether oxygens (including phenoxy) is 2. The maximum atomic E-state index is 11.8. The Hall–Kier alpha value is -1.21. The molecule has 0 aromatic rings. The minimum Gasteiger partial charge on any atom is -0.449 e. The second-order valence-electron chi connectivity index (χ2n) is 4.28. The Kier molecular flexibility index (Phi) is 4.19. The predicted molar refractivity (Wildman–Crippen MR) is 60.7 cm³/mol. The molecule has 1 saturated heterocycles. The van der Waals surface area contributed by atoms with Gasteiger partial charge in [0.15, 0.2) is 0 Å². The normalized spacial score (nSPS) is 22.9. The van der Waals surface area contributed by atoms with E-state index in [1.54, 1.807) is 0 Å². The van der Waals surface area contributed by atoms with Gasteiger partial charge in [-0.1, -0.05) is 19.3 Å². The van der Waals surface area contributed by atoms with Gasteiger partial charge in [0, 0.05) is 0 Å². The Balaban J connectivity index is 2.61. The third-order valence-corrected chi connectivity index (χ3v) is 2.60. The molecule has 0 aliphatic carbocycles. The van der Waals surface area contributed by atoms with Crippen molar-refractivity contribution >= 4 is 6.09 Å². The number of nitrogens with zero attached hydrogens (tertiary/aromatic N) is 1. The Labute approximate surface area is 96.9 Å². The molecule has 0 N–H and O–H groups in total. The molecule has 1 aliphatic rings. The zero-order valence-corrected chi connectivity index (χ0v) is 10.2. The van der Waals surface area contributed by atoms with Crippen LogP contribution >= 0.6 is 0 Å². The summed E-state index contributed by atoms with van der Waals surface area (Å²) in [4.78, 5) is 13.3. The van der Waals surface area contributed by atoms with Crippen LogP contribution < -0.4 is 0 Å². The summed E-state index contributed by atoms with van der Waals surface area (Å²) >= 11 is 0. The fraction of sp³-hybridized carbons (Fsp3) is 0.750. The largest absolute Gasteiger partial charge is 0.449 e. The van der Waals surface area contributed by atoms with E-state index in [-0.39, 0.29) is 12.1 Å². The Morgan fingerprint density at radius 1 is 1.69 bits per heavy atom. The lowest BCUT2D eigenvalue weighted by molar-refractivity contribution is -0.0467. The molecule has 1 aliphatic heterocycles. The second kappa shape index (κ2) is 5.22. The van der Waals surface area contributed by atoms with E-state index in [2.05, 4.69) is 5.92 Å². The minimum absolute atomic E-state index is 0.330. The molecule has 0 aromatic heterocycles. The predicted octanol–water partition coefficient (Wildman–Crippen LogP) is 1.99. The highest BCUT2D eigenvalue weighted by atomic mass is 16.6. The minimum atomic E-state index is -0.680. The lowest BCUT2D eigenvalue weighted by Crippen LogP contribution is -2.47. The highest BCUT2D eigenvalue weighted by Gasteiger charge is 2.44. The molecule has 0 bridgehead atoms. The third-order valence-electron chi connectivity index (χ3n) is 2.60. The van der Waals surface area contributed by atoms with E-state index in [1.165, 1.54) is 4.90 Å². The Bertz CT molecular complexity index is 293. The first kappa shape index (κ1) is 12.9. The van der Waals surface area contributed by atoms with Crippen LogP contribution in [0.1, 0.15) is 33.6 Å². The van der Waals surface area contributed by atoms with Crippen molar-refractivity contribution < 1.29 is 14.3 Å². The van der Waals surface area contributed by atoms with Crippen molar-refractivity contribution in [1.82, 2.24) is 4.90 Å². The van der Waals surface area contributed by atoms with Gasteiger partial charge in [0.05, 0.1) is 13.2 Å². The van der Waals surface area contributed by atoms with Crippen LogP contribution in [0.5, 0.6) is 0 Å². The first-order valence-electron chi connectivity index (χ1n) is 5.59. The maximum absolute atomic E-state index is 11.8. The number of rotatable bonds is 3. The van der Waals surface area contributed by atoms with Gasteiger partial charge in [0.2, 0.25) is 0 Å². The molecule has 1 heterocycles. The fourth-order valence-electron chi connectivity index (χ4n) is 1.65. The zero-order valence-electron chi connectivity index (χ0n) is 10.2. The molecule has 0 radical (unpaired) electrons. The smallest absolute Gasteiger partial charge is 0.413 e. The van der Waals surface area contributed by atoms with Crippen molar-refractivity contribution in [3.8, 4) is 12.3 Å². The summed E-state index contributed by atoms with van der Waals surface area (Å²) in [5.74, 6) is 2.54. The van der Waals surface area contributed by atoms with Crippen LogP contribution in [-0.2, 0) is 9.47 Å². The van der Waals surface area contributed by atoms with Crippen molar-refractivity contribution in [1.29, 1.82) is 0 Å². The molecular weight excluding hydrogens is 206 g/mol. The van der Waals surface area contributed by atoms with Crippen LogP contribution in [0.4, 0.5) is 4.79 Å². The maximum Gasteiger partial charge on any atom is 0.413 e. The van der Waals surface area contributed by atoms with Crippen molar-refractivity contribution in [2.24, 2.45) is 0 Å². The molecule has 4 heteroatoms. The molecule has 1 fully saturated rings. The Morgan fingerprint density at radius 2 is 2.38 bits per heavy atom. The highest BCUT2D eigenvalue weighted by molar-refractivity contribution is 5.69. The van der Waals surface area contributed by atoms with Gasteiger partial charge >= 0.3 is 6.09 Å². The summed E-state index contributed by atoms with van der Waals surface area (Å²) in [7, 11) is 0. The SMILES string of the molecule is C#C[C@H]1COC(C)(C)N1C(=O)OCCCC. The van der Waals surface area contributed by atoms with Gasteiger partial charge in [-0.2, -0.15) is 0 Å². The lowest BCUT2D eigenvalue weighted by atomic mass is 10.2. The standard InChI is InChI=1S/C12H19NO3/c1-5-7-8-15-11(14)13-10(6-2)9-16-12(13,3)4/h2,10H,5,7-9H2,1,3-4H3/t10-/m0/s1. The topological polar surface area (TPSA) is 38.8 Å².